The third-order valence-corrected chi connectivity index (χ3v) is 4.93. The van der Waals surface area contributed by atoms with Crippen molar-refractivity contribution in [1.82, 2.24) is 15.1 Å². The van der Waals surface area contributed by atoms with Crippen molar-refractivity contribution in [2.24, 2.45) is 0 Å². The maximum absolute atomic E-state index is 12.7. The van der Waals surface area contributed by atoms with E-state index >= 15 is 0 Å². The summed E-state index contributed by atoms with van der Waals surface area (Å²) in [7, 11) is 0. The quantitative estimate of drug-likeness (QED) is 0.900. The number of likely N-dealkylation sites (tertiary alicyclic amines) is 1. The van der Waals surface area contributed by atoms with E-state index in [0.29, 0.717) is 31.1 Å². The van der Waals surface area contributed by atoms with Crippen LogP contribution in [0.2, 0.25) is 0 Å². The molecule has 1 aromatic rings. The van der Waals surface area contributed by atoms with E-state index in [-0.39, 0.29) is 17.4 Å². The van der Waals surface area contributed by atoms with Crippen LogP contribution in [0.4, 0.5) is 0 Å². The molecule has 124 valence electrons. The first kappa shape index (κ1) is 16.0. The van der Waals surface area contributed by atoms with Crippen molar-refractivity contribution in [1.29, 1.82) is 0 Å². The van der Waals surface area contributed by atoms with Crippen LogP contribution in [0.5, 0.6) is 0 Å². The summed E-state index contributed by atoms with van der Waals surface area (Å²) in [6.45, 7) is 7.21. The Kier molecular flexibility index (Phi) is 4.39. The Morgan fingerprint density at radius 1 is 1.17 bits per heavy atom. The molecule has 2 heterocycles. The molecule has 2 amide bonds. The Morgan fingerprint density at radius 2 is 1.91 bits per heavy atom. The predicted molar refractivity (Wildman–Crippen MR) is 89.2 cm³/mol. The van der Waals surface area contributed by atoms with Crippen molar-refractivity contribution in [2.75, 3.05) is 26.2 Å². The van der Waals surface area contributed by atoms with E-state index in [2.05, 4.69) is 24.1 Å². The predicted octanol–water partition coefficient (Wildman–Crippen LogP) is 1.50. The molecule has 0 radical (unpaired) electrons. The Hall–Kier alpha value is -1.88. The Labute approximate surface area is 137 Å². The van der Waals surface area contributed by atoms with E-state index in [1.807, 2.05) is 35.2 Å². The van der Waals surface area contributed by atoms with Crippen molar-refractivity contribution in [2.45, 2.75) is 38.3 Å². The molecule has 0 bridgehead atoms. The lowest BCUT2D eigenvalue weighted by atomic mass is 9.97. The number of benzene rings is 1. The van der Waals surface area contributed by atoms with Crippen molar-refractivity contribution in [3.63, 3.8) is 0 Å². The first-order valence-electron chi connectivity index (χ1n) is 8.38. The third-order valence-electron chi connectivity index (χ3n) is 4.93. The summed E-state index contributed by atoms with van der Waals surface area (Å²) < 4.78 is 0. The fraction of sp³-hybridized carbons (Fsp3) is 0.556. The highest BCUT2D eigenvalue weighted by molar-refractivity contribution is 5.94. The summed E-state index contributed by atoms with van der Waals surface area (Å²) in [6.07, 6.45) is 1.35. The number of amides is 2. The van der Waals surface area contributed by atoms with Crippen molar-refractivity contribution in [3.05, 3.63) is 35.9 Å². The van der Waals surface area contributed by atoms with Gasteiger partial charge in [-0.3, -0.25) is 14.5 Å². The van der Waals surface area contributed by atoms with Gasteiger partial charge in [0.25, 0.3) is 5.91 Å². The number of nitrogens with one attached hydrogen (secondary N) is 1. The standard InChI is InChI=1S/C18H25N3O2/c1-14(2)20-10-8-16(22)19-18(12-20)9-11-21(13-18)17(23)15-6-4-3-5-7-15/h3-7,14H,8-13H2,1-2H3,(H,19,22). The van der Waals surface area contributed by atoms with E-state index in [0.717, 1.165) is 19.5 Å². The van der Waals surface area contributed by atoms with Gasteiger partial charge in [0, 0.05) is 44.2 Å². The summed E-state index contributed by atoms with van der Waals surface area (Å²) in [5.74, 6) is 0.152. The number of carbonyl (C=O) groups excluding carboxylic acids is 2. The third kappa shape index (κ3) is 3.39. The van der Waals surface area contributed by atoms with E-state index in [1.165, 1.54) is 0 Å². The van der Waals surface area contributed by atoms with Gasteiger partial charge in [-0.25, -0.2) is 0 Å². The van der Waals surface area contributed by atoms with Crippen LogP contribution in [-0.2, 0) is 4.79 Å². The van der Waals surface area contributed by atoms with Crippen LogP contribution >= 0.6 is 0 Å². The second kappa shape index (κ2) is 6.32. The maximum Gasteiger partial charge on any atom is 0.253 e. The molecule has 23 heavy (non-hydrogen) atoms. The lowest BCUT2D eigenvalue weighted by Crippen LogP contribution is -2.55. The summed E-state index contributed by atoms with van der Waals surface area (Å²) in [5.41, 5.74) is 0.410. The zero-order valence-electron chi connectivity index (χ0n) is 13.9. The Bertz CT molecular complexity index is 587. The van der Waals surface area contributed by atoms with E-state index in [1.54, 1.807) is 0 Å². The molecule has 1 spiro atoms. The first-order chi connectivity index (χ1) is 11.0. The molecule has 0 saturated carbocycles. The Morgan fingerprint density at radius 3 is 2.61 bits per heavy atom. The molecule has 1 aromatic carbocycles. The van der Waals surface area contributed by atoms with E-state index in [4.69, 9.17) is 0 Å². The fourth-order valence-electron chi connectivity index (χ4n) is 3.59. The summed E-state index contributed by atoms with van der Waals surface area (Å²) in [5, 5.41) is 3.20. The van der Waals surface area contributed by atoms with Crippen LogP contribution in [0.25, 0.3) is 0 Å². The number of hydrogen-bond acceptors (Lipinski definition) is 3. The van der Waals surface area contributed by atoms with Gasteiger partial charge in [0.2, 0.25) is 5.91 Å². The first-order valence-corrected chi connectivity index (χ1v) is 8.38. The minimum absolute atomic E-state index is 0.0528. The molecule has 2 saturated heterocycles. The molecule has 2 aliphatic heterocycles. The SMILES string of the molecule is CC(C)N1CCC(=O)NC2(CCN(C(=O)c3ccccc3)C2)C1. The second-order valence-corrected chi connectivity index (χ2v) is 6.99. The second-order valence-electron chi connectivity index (χ2n) is 6.99. The minimum atomic E-state index is -0.303. The van der Waals surface area contributed by atoms with Crippen LogP contribution in [0.3, 0.4) is 0 Å². The van der Waals surface area contributed by atoms with Gasteiger partial charge >= 0.3 is 0 Å². The molecule has 1 atom stereocenters. The van der Waals surface area contributed by atoms with Crippen LogP contribution in [-0.4, -0.2) is 59.4 Å². The number of carbonyl (C=O) groups is 2. The van der Waals surface area contributed by atoms with E-state index in [9.17, 15) is 9.59 Å². The van der Waals surface area contributed by atoms with Crippen LogP contribution in [0.15, 0.2) is 30.3 Å². The minimum Gasteiger partial charge on any atom is -0.347 e. The summed E-state index contributed by atoms with van der Waals surface area (Å²) in [6, 6.07) is 9.77. The summed E-state index contributed by atoms with van der Waals surface area (Å²) >= 11 is 0. The van der Waals surface area contributed by atoms with Crippen LogP contribution in [0.1, 0.15) is 37.0 Å². The lowest BCUT2D eigenvalue weighted by Gasteiger charge is -2.35. The largest absolute Gasteiger partial charge is 0.347 e. The van der Waals surface area contributed by atoms with Gasteiger partial charge in [0.15, 0.2) is 0 Å². The normalized spacial score (nSPS) is 25.7. The van der Waals surface area contributed by atoms with E-state index < -0.39 is 0 Å². The van der Waals surface area contributed by atoms with Gasteiger partial charge in [-0.2, -0.15) is 0 Å². The zero-order chi connectivity index (χ0) is 16.4. The highest BCUT2D eigenvalue weighted by atomic mass is 16.2. The van der Waals surface area contributed by atoms with Gasteiger partial charge < -0.3 is 10.2 Å². The average Bonchev–Trinajstić information content (AvgIpc) is 2.86. The van der Waals surface area contributed by atoms with Crippen molar-refractivity contribution in [3.8, 4) is 0 Å². The molecule has 5 heteroatoms. The topological polar surface area (TPSA) is 52.7 Å². The number of nitrogens with zero attached hydrogens (tertiary/aromatic N) is 2. The molecule has 1 unspecified atom stereocenters. The van der Waals surface area contributed by atoms with Crippen molar-refractivity contribution >= 4 is 11.8 Å². The number of rotatable bonds is 2. The average molecular weight is 315 g/mol. The summed E-state index contributed by atoms with van der Waals surface area (Å²) in [4.78, 5) is 29.0. The van der Waals surface area contributed by atoms with Gasteiger partial charge in [-0.15, -0.1) is 0 Å². The molecule has 5 nitrogen and oxygen atoms in total. The molecular weight excluding hydrogens is 290 g/mol. The monoisotopic (exact) mass is 315 g/mol. The maximum atomic E-state index is 12.7. The van der Waals surface area contributed by atoms with Gasteiger partial charge in [0.05, 0.1) is 5.54 Å². The molecule has 0 aromatic heterocycles. The Balaban J connectivity index is 1.76. The zero-order valence-corrected chi connectivity index (χ0v) is 13.9. The van der Waals surface area contributed by atoms with Crippen LogP contribution < -0.4 is 5.32 Å². The molecule has 0 aliphatic carbocycles. The molecule has 2 aliphatic rings. The molecule has 3 rings (SSSR count). The number of hydrogen-bond donors (Lipinski definition) is 1. The van der Waals surface area contributed by atoms with Crippen molar-refractivity contribution < 1.29 is 9.59 Å². The van der Waals surface area contributed by atoms with Crippen LogP contribution in [0, 0.1) is 0 Å². The van der Waals surface area contributed by atoms with Gasteiger partial charge in [-0.05, 0) is 32.4 Å². The highest BCUT2D eigenvalue weighted by Gasteiger charge is 2.44. The molecule has 1 N–H and O–H groups in total. The fourth-order valence-corrected chi connectivity index (χ4v) is 3.59. The van der Waals surface area contributed by atoms with Gasteiger partial charge in [0.1, 0.15) is 0 Å². The smallest absolute Gasteiger partial charge is 0.253 e. The highest BCUT2D eigenvalue weighted by Crippen LogP contribution is 2.27. The molecule has 2 fully saturated rings. The van der Waals surface area contributed by atoms with Gasteiger partial charge in [-0.1, -0.05) is 18.2 Å². The lowest BCUT2D eigenvalue weighted by molar-refractivity contribution is -0.122. The molecular formula is C18H25N3O2.